The number of carbonyl (C=O) groups excluding carboxylic acids is 1. The lowest BCUT2D eigenvalue weighted by Gasteiger charge is -2.36. The summed E-state index contributed by atoms with van der Waals surface area (Å²) >= 11 is 0. The molecular weight excluding hydrogens is 274 g/mol. The van der Waals surface area contributed by atoms with Crippen molar-refractivity contribution in [1.82, 2.24) is 4.90 Å². The van der Waals surface area contributed by atoms with E-state index in [0.717, 1.165) is 6.42 Å². The first-order valence-electron chi connectivity index (χ1n) is 7.86. The van der Waals surface area contributed by atoms with E-state index in [2.05, 4.69) is 37.3 Å². The van der Waals surface area contributed by atoms with E-state index in [1.165, 1.54) is 21.9 Å². The summed E-state index contributed by atoms with van der Waals surface area (Å²) in [4.78, 5) is 14.2. The summed E-state index contributed by atoms with van der Waals surface area (Å²) in [6, 6.07) is 12.9. The second-order valence-corrected chi connectivity index (χ2v) is 7.00. The Labute approximate surface area is 131 Å². The molecule has 0 radical (unpaired) electrons. The highest BCUT2D eigenvalue weighted by atomic mass is 16.6. The third-order valence-corrected chi connectivity index (χ3v) is 4.18. The van der Waals surface area contributed by atoms with Crippen molar-refractivity contribution in [1.29, 1.82) is 0 Å². The summed E-state index contributed by atoms with van der Waals surface area (Å²) in [5.41, 5.74) is 2.11. The molecule has 2 aromatic rings. The quantitative estimate of drug-likeness (QED) is 0.705. The maximum absolute atomic E-state index is 12.4. The van der Waals surface area contributed by atoms with Crippen LogP contribution < -0.4 is 0 Å². The minimum absolute atomic E-state index is 0.0446. The maximum atomic E-state index is 12.4. The van der Waals surface area contributed by atoms with Crippen LogP contribution in [0.15, 0.2) is 36.4 Å². The molecule has 0 aromatic heterocycles. The van der Waals surface area contributed by atoms with Crippen molar-refractivity contribution in [2.24, 2.45) is 0 Å². The average molecular weight is 297 g/mol. The third kappa shape index (κ3) is 2.80. The van der Waals surface area contributed by atoms with Crippen LogP contribution in [-0.4, -0.2) is 23.1 Å². The van der Waals surface area contributed by atoms with E-state index >= 15 is 0 Å². The van der Waals surface area contributed by atoms with E-state index in [0.29, 0.717) is 6.54 Å². The van der Waals surface area contributed by atoms with Gasteiger partial charge in [-0.2, -0.15) is 0 Å². The van der Waals surface area contributed by atoms with Gasteiger partial charge in [0, 0.05) is 6.54 Å². The van der Waals surface area contributed by atoms with Gasteiger partial charge in [-0.1, -0.05) is 30.3 Å². The first-order valence-corrected chi connectivity index (χ1v) is 7.86. The normalized spacial score (nSPS) is 18.2. The molecule has 1 unspecified atom stereocenters. The first kappa shape index (κ1) is 14.9. The monoisotopic (exact) mass is 297 g/mol. The van der Waals surface area contributed by atoms with E-state index in [4.69, 9.17) is 4.74 Å². The third-order valence-electron chi connectivity index (χ3n) is 4.18. The summed E-state index contributed by atoms with van der Waals surface area (Å²) in [5.74, 6) is 0. The summed E-state index contributed by atoms with van der Waals surface area (Å²) < 4.78 is 5.54. The van der Waals surface area contributed by atoms with Gasteiger partial charge in [-0.15, -0.1) is 0 Å². The zero-order chi connectivity index (χ0) is 15.9. The van der Waals surface area contributed by atoms with Crippen LogP contribution in [-0.2, 0) is 11.2 Å². The van der Waals surface area contributed by atoms with Gasteiger partial charge in [0.2, 0.25) is 0 Å². The molecule has 22 heavy (non-hydrogen) atoms. The number of nitrogens with zero attached hydrogens (tertiary/aromatic N) is 1. The van der Waals surface area contributed by atoms with Crippen molar-refractivity contribution in [2.75, 3.05) is 6.54 Å². The van der Waals surface area contributed by atoms with Gasteiger partial charge in [0.15, 0.2) is 0 Å². The minimum Gasteiger partial charge on any atom is -0.444 e. The highest BCUT2D eigenvalue weighted by Gasteiger charge is 2.31. The molecule has 1 heterocycles. The van der Waals surface area contributed by atoms with E-state index < -0.39 is 5.60 Å². The largest absolute Gasteiger partial charge is 0.444 e. The van der Waals surface area contributed by atoms with E-state index in [1.54, 1.807) is 0 Å². The number of rotatable bonds is 0. The molecule has 1 amide bonds. The molecule has 3 heteroatoms. The lowest BCUT2D eigenvalue weighted by molar-refractivity contribution is 0.0160. The predicted octanol–water partition coefficient (Wildman–Crippen LogP) is 4.69. The van der Waals surface area contributed by atoms with E-state index in [1.807, 2.05) is 31.7 Å². The van der Waals surface area contributed by atoms with Crippen LogP contribution in [0.25, 0.3) is 10.8 Å². The Balaban J connectivity index is 1.93. The summed E-state index contributed by atoms with van der Waals surface area (Å²) in [6.07, 6.45) is 0.655. The number of ether oxygens (including phenoxy) is 1. The van der Waals surface area contributed by atoms with Gasteiger partial charge in [0.05, 0.1) is 6.04 Å². The molecule has 116 valence electrons. The highest BCUT2D eigenvalue weighted by Crippen LogP contribution is 2.33. The molecule has 0 aliphatic carbocycles. The van der Waals surface area contributed by atoms with Gasteiger partial charge in [-0.05, 0) is 62.1 Å². The molecule has 0 saturated heterocycles. The Morgan fingerprint density at radius 3 is 2.45 bits per heavy atom. The van der Waals surface area contributed by atoms with Crippen LogP contribution in [0.2, 0.25) is 0 Å². The molecule has 2 aromatic carbocycles. The number of benzene rings is 2. The fourth-order valence-corrected chi connectivity index (χ4v) is 3.08. The lowest BCUT2D eigenvalue weighted by atomic mass is 9.91. The Hall–Kier alpha value is -2.03. The zero-order valence-electron chi connectivity index (χ0n) is 13.7. The Kier molecular flexibility index (Phi) is 3.59. The van der Waals surface area contributed by atoms with Crippen LogP contribution >= 0.6 is 0 Å². The molecule has 3 rings (SSSR count). The van der Waals surface area contributed by atoms with E-state index in [9.17, 15) is 4.79 Å². The molecular formula is C19H23NO2. The summed E-state index contributed by atoms with van der Waals surface area (Å²) in [5, 5.41) is 2.48. The molecule has 0 N–H and O–H groups in total. The van der Waals surface area contributed by atoms with Gasteiger partial charge in [0.25, 0.3) is 0 Å². The van der Waals surface area contributed by atoms with E-state index in [-0.39, 0.29) is 12.1 Å². The van der Waals surface area contributed by atoms with Gasteiger partial charge >= 0.3 is 6.09 Å². The Bertz CT molecular complexity index is 715. The predicted molar refractivity (Wildman–Crippen MR) is 89.0 cm³/mol. The van der Waals surface area contributed by atoms with Crippen LogP contribution in [0, 0.1) is 0 Å². The molecule has 0 bridgehead atoms. The standard InChI is InChI=1S/C19H23NO2/c1-13-17-12-15-8-6-5-7-14(15)11-16(17)9-10-20(13)18(21)22-19(2,3)4/h5-8,11-13H,9-10H2,1-4H3. The molecule has 0 saturated carbocycles. The van der Waals surface area contributed by atoms with Crippen LogP contribution in [0.3, 0.4) is 0 Å². The van der Waals surface area contributed by atoms with Gasteiger partial charge < -0.3 is 9.64 Å². The van der Waals surface area contributed by atoms with Crippen LogP contribution in [0.5, 0.6) is 0 Å². The Morgan fingerprint density at radius 1 is 1.18 bits per heavy atom. The van der Waals surface area contributed by atoms with Crippen molar-refractivity contribution in [2.45, 2.75) is 45.8 Å². The topological polar surface area (TPSA) is 29.5 Å². The summed E-state index contributed by atoms with van der Waals surface area (Å²) in [7, 11) is 0. The molecule has 0 fully saturated rings. The fraction of sp³-hybridized carbons (Fsp3) is 0.421. The summed E-state index contributed by atoms with van der Waals surface area (Å²) in [6.45, 7) is 8.50. The number of fused-ring (bicyclic) bond motifs is 2. The highest BCUT2D eigenvalue weighted by molar-refractivity contribution is 5.84. The number of hydrogen-bond acceptors (Lipinski definition) is 2. The molecule has 1 aliphatic rings. The smallest absolute Gasteiger partial charge is 0.410 e. The lowest BCUT2D eigenvalue weighted by Crippen LogP contribution is -2.42. The van der Waals surface area contributed by atoms with Crippen molar-refractivity contribution in [3.05, 3.63) is 47.5 Å². The second-order valence-electron chi connectivity index (χ2n) is 7.00. The van der Waals surface area contributed by atoms with Crippen molar-refractivity contribution in [3.63, 3.8) is 0 Å². The maximum Gasteiger partial charge on any atom is 0.410 e. The SMILES string of the molecule is CC1c2cc3ccccc3cc2CCN1C(=O)OC(C)(C)C. The molecule has 1 atom stereocenters. The van der Waals surface area contributed by atoms with Crippen LogP contribution in [0.1, 0.15) is 44.9 Å². The number of amides is 1. The van der Waals surface area contributed by atoms with Gasteiger partial charge in [-0.3, -0.25) is 0 Å². The van der Waals surface area contributed by atoms with Crippen molar-refractivity contribution < 1.29 is 9.53 Å². The first-order chi connectivity index (χ1) is 10.3. The van der Waals surface area contributed by atoms with Crippen molar-refractivity contribution in [3.8, 4) is 0 Å². The Morgan fingerprint density at radius 2 is 1.82 bits per heavy atom. The van der Waals surface area contributed by atoms with Crippen LogP contribution in [0.4, 0.5) is 4.79 Å². The average Bonchev–Trinajstić information content (AvgIpc) is 2.44. The molecule has 1 aliphatic heterocycles. The fourth-order valence-electron chi connectivity index (χ4n) is 3.08. The second kappa shape index (κ2) is 5.31. The molecule has 0 spiro atoms. The number of carbonyl (C=O) groups is 1. The van der Waals surface area contributed by atoms with Gasteiger partial charge in [0.1, 0.15) is 5.60 Å². The zero-order valence-corrected chi connectivity index (χ0v) is 13.7. The molecule has 3 nitrogen and oxygen atoms in total. The minimum atomic E-state index is -0.458. The number of hydrogen-bond donors (Lipinski definition) is 0. The van der Waals surface area contributed by atoms with Gasteiger partial charge in [-0.25, -0.2) is 4.79 Å². The van der Waals surface area contributed by atoms with Crippen molar-refractivity contribution >= 4 is 16.9 Å².